The highest BCUT2D eigenvalue weighted by Gasteiger charge is 2.35. The highest BCUT2D eigenvalue weighted by atomic mass is 16.6. The monoisotopic (exact) mass is 499 g/mol. The van der Waals surface area contributed by atoms with E-state index in [0.29, 0.717) is 5.76 Å². The third-order valence-corrected chi connectivity index (χ3v) is 5.82. The number of ether oxygens (including phenoxy) is 1. The van der Waals surface area contributed by atoms with Crippen molar-refractivity contribution in [2.45, 2.75) is 6.54 Å². The van der Waals surface area contributed by atoms with Gasteiger partial charge in [0.2, 0.25) is 0 Å². The average molecular weight is 499 g/mol. The van der Waals surface area contributed by atoms with Crippen molar-refractivity contribution < 1.29 is 33.3 Å². The second-order valence-corrected chi connectivity index (χ2v) is 8.04. The van der Waals surface area contributed by atoms with Gasteiger partial charge in [0.15, 0.2) is 6.61 Å². The Morgan fingerprint density at radius 1 is 0.946 bits per heavy atom. The van der Waals surface area contributed by atoms with Gasteiger partial charge in [-0.1, -0.05) is 6.07 Å². The SMILES string of the molecule is O=C(COC(=O)c1ccc(N2C(=O)c3cccc4c([N+](=O)[O-])ccc(c34)C2=O)cc1)NCc1ccco1. The van der Waals surface area contributed by atoms with E-state index in [1.807, 2.05) is 0 Å². The van der Waals surface area contributed by atoms with Gasteiger partial charge in [0.1, 0.15) is 5.76 Å². The Hall–Kier alpha value is -5.32. The zero-order valence-electron chi connectivity index (χ0n) is 19.0. The average Bonchev–Trinajstić information content (AvgIpc) is 3.43. The van der Waals surface area contributed by atoms with Gasteiger partial charge >= 0.3 is 5.97 Å². The number of hydrogen-bond acceptors (Lipinski definition) is 8. The number of hydrogen-bond donors (Lipinski definition) is 1. The third-order valence-electron chi connectivity index (χ3n) is 5.82. The van der Waals surface area contributed by atoms with Gasteiger partial charge in [-0.25, -0.2) is 9.69 Å². The molecule has 0 bridgehead atoms. The zero-order valence-corrected chi connectivity index (χ0v) is 19.0. The summed E-state index contributed by atoms with van der Waals surface area (Å²) >= 11 is 0. The van der Waals surface area contributed by atoms with Crippen LogP contribution in [-0.2, 0) is 16.1 Å². The molecule has 11 nitrogen and oxygen atoms in total. The van der Waals surface area contributed by atoms with Crippen LogP contribution in [0.4, 0.5) is 11.4 Å². The van der Waals surface area contributed by atoms with Crippen molar-refractivity contribution in [3.05, 3.63) is 106 Å². The summed E-state index contributed by atoms with van der Waals surface area (Å²) in [5, 5.41) is 14.4. The molecular formula is C26H17N3O8. The molecule has 5 rings (SSSR count). The van der Waals surface area contributed by atoms with Crippen molar-refractivity contribution >= 4 is 45.8 Å². The Morgan fingerprint density at radius 3 is 2.35 bits per heavy atom. The van der Waals surface area contributed by atoms with Crippen LogP contribution in [0.3, 0.4) is 0 Å². The van der Waals surface area contributed by atoms with Crippen molar-refractivity contribution in [2.24, 2.45) is 0 Å². The largest absolute Gasteiger partial charge is 0.467 e. The Kier molecular flexibility index (Phi) is 5.94. The first-order valence-corrected chi connectivity index (χ1v) is 11.0. The summed E-state index contributed by atoms with van der Waals surface area (Å²) in [6.07, 6.45) is 1.47. The number of rotatable bonds is 7. The van der Waals surface area contributed by atoms with Crippen LogP contribution in [0.25, 0.3) is 10.8 Å². The van der Waals surface area contributed by atoms with Crippen LogP contribution in [0.5, 0.6) is 0 Å². The van der Waals surface area contributed by atoms with Crippen LogP contribution in [0, 0.1) is 10.1 Å². The minimum absolute atomic E-state index is 0.109. The minimum atomic E-state index is -0.765. The summed E-state index contributed by atoms with van der Waals surface area (Å²) in [6.45, 7) is -0.350. The quantitative estimate of drug-likeness (QED) is 0.175. The number of amides is 3. The van der Waals surface area contributed by atoms with Crippen LogP contribution >= 0.6 is 0 Å². The molecule has 0 saturated heterocycles. The number of carbonyl (C=O) groups excluding carboxylic acids is 4. The molecule has 3 amide bonds. The van der Waals surface area contributed by atoms with E-state index in [1.54, 1.807) is 12.1 Å². The summed E-state index contributed by atoms with van der Waals surface area (Å²) < 4.78 is 10.1. The summed E-state index contributed by atoms with van der Waals surface area (Å²) in [6, 6.07) is 16.0. The van der Waals surface area contributed by atoms with Crippen molar-refractivity contribution in [3.63, 3.8) is 0 Å². The topological polar surface area (TPSA) is 149 Å². The molecule has 11 heteroatoms. The van der Waals surface area contributed by atoms with E-state index < -0.39 is 35.2 Å². The maximum absolute atomic E-state index is 13.2. The van der Waals surface area contributed by atoms with Crippen LogP contribution in [0.1, 0.15) is 36.8 Å². The lowest BCUT2D eigenvalue weighted by Crippen LogP contribution is -2.40. The minimum Gasteiger partial charge on any atom is -0.467 e. The van der Waals surface area contributed by atoms with E-state index in [-0.39, 0.29) is 45.4 Å². The highest BCUT2D eigenvalue weighted by molar-refractivity contribution is 6.36. The van der Waals surface area contributed by atoms with E-state index in [9.17, 15) is 29.3 Å². The number of anilines is 1. The lowest BCUT2D eigenvalue weighted by atomic mass is 9.92. The fourth-order valence-electron chi connectivity index (χ4n) is 4.09. The fraction of sp³-hybridized carbons (Fsp3) is 0.0769. The van der Waals surface area contributed by atoms with Gasteiger partial charge in [-0.05, 0) is 54.6 Å². The second kappa shape index (κ2) is 9.38. The van der Waals surface area contributed by atoms with Gasteiger partial charge in [-0.2, -0.15) is 0 Å². The molecule has 0 aliphatic carbocycles. The summed E-state index contributed by atoms with van der Waals surface area (Å²) in [4.78, 5) is 62.5. The fourth-order valence-corrected chi connectivity index (χ4v) is 4.09. The number of nitrogens with one attached hydrogen (secondary N) is 1. The normalized spacial score (nSPS) is 12.5. The van der Waals surface area contributed by atoms with Crippen molar-refractivity contribution in [1.29, 1.82) is 0 Å². The molecule has 4 aromatic rings. The number of imide groups is 1. The van der Waals surface area contributed by atoms with Gasteiger partial charge < -0.3 is 14.5 Å². The van der Waals surface area contributed by atoms with Crippen molar-refractivity contribution in [3.8, 4) is 0 Å². The van der Waals surface area contributed by atoms with Gasteiger partial charge in [0.25, 0.3) is 23.4 Å². The maximum Gasteiger partial charge on any atom is 0.338 e. The van der Waals surface area contributed by atoms with Crippen LogP contribution in [0.2, 0.25) is 0 Å². The molecule has 0 fully saturated rings. The van der Waals surface area contributed by atoms with Gasteiger partial charge in [0.05, 0.1) is 34.4 Å². The van der Waals surface area contributed by atoms with Crippen LogP contribution in [0.15, 0.2) is 77.4 Å². The molecule has 1 N–H and O–H groups in total. The number of esters is 1. The molecule has 37 heavy (non-hydrogen) atoms. The van der Waals surface area contributed by atoms with E-state index in [1.165, 1.54) is 60.9 Å². The molecule has 2 heterocycles. The molecule has 0 saturated carbocycles. The molecule has 1 aliphatic heterocycles. The summed E-state index contributed by atoms with van der Waals surface area (Å²) in [5.41, 5.74) is 0.410. The number of non-ortho nitro benzene ring substituents is 1. The molecule has 0 atom stereocenters. The van der Waals surface area contributed by atoms with Gasteiger partial charge in [0, 0.05) is 22.6 Å². The predicted molar refractivity (Wildman–Crippen MR) is 129 cm³/mol. The lowest BCUT2D eigenvalue weighted by molar-refractivity contribution is -0.383. The number of furan rings is 1. The Bertz CT molecular complexity index is 1550. The van der Waals surface area contributed by atoms with Crippen LogP contribution in [-0.4, -0.2) is 35.2 Å². The molecule has 0 radical (unpaired) electrons. The zero-order chi connectivity index (χ0) is 26.1. The second-order valence-electron chi connectivity index (χ2n) is 8.04. The molecule has 3 aromatic carbocycles. The molecule has 0 unspecified atom stereocenters. The first-order chi connectivity index (χ1) is 17.8. The Morgan fingerprint density at radius 2 is 1.68 bits per heavy atom. The molecule has 184 valence electrons. The summed E-state index contributed by atoms with van der Waals surface area (Å²) in [5.74, 6) is -2.02. The molecule has 1 aliphatic rings. The standard InChI is InChI=1S/C26H17N3O8/c30-22(27-13-17-3-2-12-36-17)14-37-26(33)15-6-8-16(9-7-15)28-24(31)19-5-1-4-18-21(29(34)35)11-10-20(23(18)19)25(28)32/h1-12H,13-14H2,(H,27,30). The smallest absolute Gasteiger partial charge is 0.338 e. The summed E-state index contributed by atoms with van der Waals surface area (Å²) in [7, 11) is 0. The van der Waals surface area contributed by atoms with Crippen LogP contribution < -0.4 is 10.2 Å². The molecular weight excluding hydrogens is 482 g/mol. The number of benzene rings is 3. The lowest BCUT2D eigenvalue weighted by Gasteiger charge is -2.27. The number of nitrogens with zero attached hydrogens (tertiary/aromatic N) is 2. The Balaban J connectivity index is 1.31. The predicted octanol–water partition coefficient (Wildman–Crippen LogP) is 3.61. The van der Waals surface area contributed by atoms with Gasteiger partial charge in [-0.3, -0.25) is 24.5 Å². The number of carbonyl (C=O) groups is 4. The Labute approximate surface area is 208 Å². The van der Waals surface area contributed by atoms with E-state index >= 15 is 0 Å². The van der Waals surface area contributed by atoms with E-state index in [2.05, 4.69) is 5.32 Å². The van der Waals surface area contributed by atoms with Gasteiger partial charge in [-0.15, -0.1) is 0 Å². The number of nitro groups is 1. The van der Waals surface area contributed by atoms with E-state index in [0.717, 1.165) is 4.90 Å². The third kappa shape index (κ3) is 4.29. The maximum atomic E-state index is 13.2. The van der Waals surface area contributed by atoms with Crippen molar-refractivity contribution in [2.75, 3.05) is 11.5 Å². The van der Waals surface area contributed by atoms with E-state index in [4.69, 9.17) is 9.15 Å². The highest BCUT2D eigenvalue weighted by Crippen LogP contribution is 2.36. The molecule has 0 spiro atoms. The number of nitro benzene ring substituents is 1. The van der Waals surface area contributed by atoms with Crippen molar-refractivity contribution in [1.82, 2.24) is 5.32 Å². The first kappa shape index (κ1) is 23.4. The molecule has 1 aromatic heterocycles. The first-order valence-electron chi connectivity index (χ1n) is 11.0.